The minimum Gasteiger partial charge on any atom is -0.468 e. The molecule has 3 rings (SSSR count). The number of ether oxygens (including phenoxy) is 1. The zero-order valence-electron chi connectivity index (χ0n) is 7.20. The van der Waals surface area contributed by atoms with E-state index in [0.717, 1.165) is 12.2 Å². The van der Waals surface area contributed by atoms with Crippen molar-refractivity contribution in [2.45, 2.75) is 37.1 Å². The molecule has 3 aliphatic rings. The maximum atomic E-state index is 9.70. The van der Waals surface area contributed by atoms with E-state index in [2.05, 4.69) is 13.8 Å². The van der Waals surface area contributed by atoms with Crippen LogP contribution in [0.1, 0.15) is 20.3 Å². The van der Waals surface area contributed by atoms with Gasteiger partial charge in [-0.2, -0.15) is 0 Å². The fourth-order valence-corrected chi connectivity index (χ4v) is 4.49. The molecule has 12 heavy (non-hydrogen) atoms. The zero-order valence-corrected chi connectivity index (χ0v) is 8.02. The predicted octanol–water partition coefficient (Wildman–Crippen LogP) is 1.50. The predicted molar refractivity (Wildman–Crippen MR) is 47.7 cm³/mol. The van der Waals surface area contributed by atoms with Crippen molar-refractivity contribution in [3.05, 3.63) is 11.3 Å². The van der Waals surface area contributed by atoms with Gasteiger partial charge in [0.25, 0.3) is 0 Å². The van der Waals surface area contributed by atoms with Crippen molar-refractivity contribution in [1.29, 1.82) is 0 Å². The molecule has 0 aromatic carbocycles. The molecule has 2 fully saturated rings. The van der Waals surface area contributed by atoms with Gasteiger partial charge in [0, 0.05) is 5.25 Å². The number of aliphatic hydroxyl groups excluding tert-OH is 1. The van der Waals surface area contributed by atoms with Gasteiger partial charge in [0.15, 0.2) is 0 Å². The molecule has 3 heterocycles. The van der Waals surface area contributed by atoms with Gasteiger partial charge in [-0.25, -0.2) is 0 Å². The second-order valence-electron chi connectivity index (χ2n) is 4.23. The van der Waals surface area contributed by atoms with E-state index in [0.29, 0.717) is 10.5 Å². The summed E-state index contributed by atoms with van der Waals surface area (Å²) in [6.45, 7) is 4.26. The fraction of sp³-hybridized carbons (Fsp3) is 0.778. The molecule has 1 N–H and O–H groups in total. The second kappa shape index (κ2) is 1.85. The normalized spacial score (nSPS) is 55.1. The number of hydrogen-bond donors (Lipinski definition) is 1. The van der Waals surface area contributed by atoms with Gasteiger partial charge in [-0.3, -0.25) is 0 Å². The van der Waals surface area contributed by atoms with Crippen LogP contribution in [-0.4, -0.2) is 21.9 Å². The highest BCUT2D eigenvalue weighted by Crippen LogP contribution is 2.64. The number of aliphatic hydroxyl groups is 1. The number of hydrogen-bond acceptors (Lipinski definition) is 3. The molecule has 0 saturated carbocycles. The Hall–Kier alpha value is -0.150. The van der Waals surface area contributed by atoms with Gasteiger partial charge in [0.1, 0.15) is 5.76 Å². The first-order valence-corrected chi connectivity index (χ1v) is 5.28. The molecule has 3 aliphatic heterocycles. The lowest BCUT2D eigenvalue weighted by Gasteiger charge is -2.24. The van der Waals surface area contributed by atoms with Gasteiger partial charge in [-0.1, -0.05) is 6.92 Å². The van der Waals surface area contributed by atoms with E-state index in [1.54, 1.807) is 0 Å². The van der Waals surface area contributed by atoms with Crippen LogP contribution in [0.3, 0.4) is 0 Å². The summed E-state index contributed by atoms with van der Waals surface area (Å²) < 4.78 is 5.47. The molecular formula is C9H12O2S. The Morgan fingerprint density at radius 3 is 3.00 bits per heavy atom. The zero-order chi connectivity index (χ0) is 8.51. The van der Waals surface area contributed by atoms with Crippen molar-refractivity contribution in [2.75, 3.05) is 0 Å². The average molecular weight is 184 g/mol. The first-order valence-electron chi connectivity index (χ1n) is 4.34. The molecule has 0 aromatic heterocycles. The van der Waals surface area contributed by atoms with Gasteiger partial charge in [0.05, 0.1) is 10.7 Å². The molecule has 0 aromatic rings. The van der Waals surface area contributed by atoms with Crippen LogP contribution in [0.5, 0.6) is 0 Å². The van der Waals surface area contributed by atoms with Crippen LogP contribution in [0.15, 0.2) is 11.3 Å². The Bertz CT molecular complexity index is 286. The Morgan fingerprint density at radius 1 is 1.67 bits per heavy atom. The smallest absolute Gasteiger partial charge is 0.203 e. The highest BCUT2D eigenvalue weighted by Gasteiger charge is 2.62. The largest absolute Gasteiger partial charge is 0.468 e. The Kier molecular flexibility index (Phi) is 1.12. The summed E-state index contributed by atoms with van der Waals surface area (Å²) in [4.78, 5) is 0. The van der Waals surface area contributed by atoms with Gasteiger partial charge >= 0.3 is 0 Å². The Balaban J connectivity index is 2.16. The van der Waals surface area contributed by atoms with Crippen LogP contribution in [0.4, 0.5) is 0 Å². The van der Waals surface area contributed by atoms with Crippen LogP contribution < -0.4 is 0 Å². The summed E-state index contributed by atoms with van der Waals surface area (Å²) >= 11 is 1.96. The van der Waals surface area contributed by atoms with Crippen molar-refractivity contribution in [1.82, 2.24) is 0 Å². The van der Waals surface area contributed by atoms with E-state index in [9.17, 15) is 5.11 Å². The molecule has 0 aliphatic carbocycles. The van der Waals surface area contributed by atoms with Gasteiger partial charge < -0.3 is 9.84 Å². The minimum absolute atomic E-state index is 0.00414. The van der Waals surface area contributed by atoms with Crippen molar-refractivity contribution in [2.24, 2.45) is 5.41 Å². The van der Waals surface area contributed by atoms with Crippen molar-refractivity contribution < 1.29 is 9.84 Å². The Labute approximate surface area is 76.0 Å². The molecule has 2 bridgehead atoms. The van der Waals surface area contributed by atoms with E-state index in [4.69, 9.17) is 4.74 Å². The lowest BCUT2D eigenvalue weighted by molar-refractivity contribution is -0.0950. The van der Waals surface area contributed by atoms with Crippen LogP contribution in [0, 0.1) is 5.41 Å². The first kappa shape index (κ1) is 7.27. The molecule has 3 heteroatoms. The van der Waals surface area contributed by atoms with Gasteiger partial charge in [0.2, 0.25) is 6.29 Å². The molecule has 3 unspecified atom stereocenters. The molecule has 0 spiro atoms. The van der Waals surface area contributed by atoms with Crippen molar-refractivity contribution >= 4 is 11.8 Å². The standard InChI is InChI=1S/C9H12O2S/c1-4-5-3-9(2)7(12-5)6(4)11-8(9)10/h5,7-8,10H,3H2,1-2H3/t5?,7?,8?,9-/m1/s1. The van der Waals surface area contributed by atoms with Crippen molar-refractivity contribution in [3.63, 3.8) is 0 Å². The molecule has 0 amide bonds. The van der Waals surface area contributed by atoms with Crippen LogP contribution in [-0.2, 0) is 4.74 Å². The minimum atomic E-state index is -0.563. The maximum Gasteiger partial charge on any atom is 0.203 e. The number of fused-ring (bicyclic) bond motifs is 1. The molecule has 2 nitrogen and oxygen atoms in total. The van der Waals surface area contributed by atoms with E-state index in [-0.39, 0.29) is 5.41 Å². The molecule has 66 valence electrons. The number of rotatable bonds is 0. The summed E-state index contributed by atoms with van der Waals surface area (Å²) in [5, 5.41) is 10.8. The second-order valence-corrected chi connectivity index (χ2v) is 5.54. The summed E-state index contributed by atoms with van der Waals surface area (Å²) in [5.41, 5.74) is 1.36. The fourth-order valence-electron chi connectivity index (χ4n) is 2.50. The van der Waals surface area contributed by atoms with E-state index >= 15 is 0 Å². The number of thioether (sulfide) groups is 1. The SMILES string of the molecule is CC1=C2OC(O)[C@]3(C)CC1SC23. The highest BCUT2D eigenvalue weighted by molar-refractivity contribution is 8.01. The summed E-state index contributed by atoms with van der Waals surface area (Å²) in [5.74, 6) is 1.08. The van der Waals surface area contributed by atoms with E-state index in [1.807, 2.05) is 11.8 Å². The lowest BCUT2D eigenvalue weighted by Crippen LogP contribution is -2.32. The molecular weight excluding hydrogens is 172 g/mol. The summed E-state index contributed by atoms with van der Waals surface area (Å²) in [6.07, 6.45) is 0.520. The summed E-state index contributed by atoms with van der Waals surface area (Å²) in [7, 11) is 0. The van der Waals surface area contributed by atoms with E-state index < -0.39 is 6.29 Å². The average Bonchev–Trinajstić information content (AvgIpc) is 2.53. The molecule has 4 atom stereocenters. The maximum absolute atomic E-state index is 9.70. The quantitative estimate of drug-likeness (QED) is 0.618. The van der Waals surface area contributed by atoms with Crippen molar-refractivity contribution in [3.8, 4) is 0 Å². The third kappa shape index (κ3) is 0.568. The van der Waals surface area contributed by atoms with Crippen LogP contribution in [0.25, 0.3) is 0 Å². The summed E-state index contributed by atoms with van der Waals surface area (Å²) in [6, 6.07) is 0. The molecule has 2 saturated heterocycles. The topological polar surface area (TPSA) is 29.5 Å². The Morgan fingerprint density at radius 2 is 2.42 bits per heavy atom. The first-order chi connectivity index (χ1) is 5.63. The third-order valence-electron chi connectivity index (χ3n) is 3.44. The monoisotopic (exact) mass is 184 g/mol. The molecule has 0 radical (unpaired) electrons. The van der Waals surface area contributed by atoms with Crippen LogP contribution in [0.2, 0.25) is 0 Å². The highest BCUT2D eigenvalue weighted by atomic mass is 32.2. The van der Waals surface area contributed by atoms with Gasteiger partial charge in [-0.05, 0) is 18.9 Å². The van der Waals surface area contributed by atoms with E-state index in [1.165, 1.54) is 5.57 Å². The van der Waals surface area contributed by atoms with Crippen LogP contribution >= 0.6 is 11.8 Å². The lowest BCUT2D eigenvalue weighted by atomic mass is 9.77. The third-order valence-corrected chi connectivity index (χ3v) is 5.31. The van der Waals surface area contributed by atoms with Gasteiger partial charge in [-0.15, -0.1) is 11.8 Å².